The van der Waals surface area contributed by atoms with Crippen LogP contribution in [0.2, 0.25) is 5.02 Å². The lowest BCUT2D eigenvalue weighted by atomic mass is 10.2. The van der Waals surface area contributed by atoms with Crippen molar-refractivity contribution in [3.05, 3.63) is 47.3 Å². The van der Waals surface area contributed by atoms with E-state index < -0.39 is 0 Å². The van der Waals surface area contributed by atoms with Gasteiger partial charge in [0.2, 0.25) is 5.91 Å². The monoisotopic (exact) mass is 347 g/mol. The van der Waals surface area contributed by atoms with E-state index in [9.17, 15) is 4.79 Å². The van der Waals surface area contributed by atoms with Gasteiger partial charge in [-0.1, -0.05) is 29.4 Å². The molecule has 1 heterocycles. The first-order valence-corrected chi connectivity index (χ1v) is 8.04. The first-order chi connectivity index (χ1) is 11.0. The summed E-state index contributed by atoms with van der Waals surface area (Å²) in [7, 11) is 0. The summed E-state index contributed by atoms with van der Waals surface area (Å²) in [5.74, 6) is 0.654. The van der Waals surface area contributed by atoms with E-state index in [0.717, 1.165) is 5.82 Å². The first-order valence-electron chi connectivity index (χ1n) is 6.68. The highest BCUT2D eigenvalue weighted by atomic mass is 35.5. The van der Waals surface area contributed by atoms with Crippen molar-refractivity contribution >= 4 is 35.0 Å². The summed E-state index contributed by atoms with van der Waals surface area (Å²) >= 11 is 7.16. The molecule has 6 nitrogen and oxygen atoms in total. The molecule has 8 heteroatoms. The number of hydrogen-bond acceptors (Lipinski definition) is 5. The second-order valence-corrected chi connectivity index (χ2v) is 5.95. The molecule has 0 radical (unpaired) electrons. The number of carbonyl (C=O) groups is 1. The molecule has 2 aromatic rings. The number of anilines is 1. The number of rotatable bonds is 6. The highest BCUT2D eigenvalue weighted by molar-refractivity contribution is 7.99. The van der Waals surface area contributed by atoms with Gasteiger partial charge in [-0.15, -0.1) is 16.8 Å². The molecular weight excluding hydrogens is 334 g/mol. The van der Waals surface area contributed by atoms with Crippen molar-refractivity contribution in [2.45, 2.75) is 18.6 Å². The number of carbonyl (C=O) groups excluding carboxylic acids is 1. The maximum atomic E-state index is 12.1. The molecule has 1 aromatic heterocycles. The molecule has 0 saturated carbocycles. The minimum absolute atomic E-state index is 0.145. The van der Waals surface area contributed by atoms with Crippen LogP contribution in [0.3, 0.4) is 0 Å². The predicted molar refractivity (Wildman–Crippen MR) is 90.5 cm³/mol. The molecule has 118 valence electrons. The summed E-state index contributed by atoms with van der Waals surface area (Å²) in [6.45, 7) is 6.11. The smallest absolute Gasteiger partial charge is 0.234 e. The number of aromatic nitrogens is 3. The molecule has 23 heavy (non-hydrogen) atoms. The molecule has 0 fully saturated rings. The lowest BCUT2D eigenvalue weighted by molar-refractivity contribution is -0.113. The molecule has 0 unspecified atom stereocenters. The Kier molecular flexibility index (Phi) is 5.79. The third-order valence-corrected chi connectivity index (χ3v) is 4.12. The van der Waals surface area contributed by atoms with Crippen LogP contribution in [0.15, 0.2) is 36.0 Å². The number of nitrogens with one attached hydrogen (secondary N) is 1. The van der Waals surface area contributed by atoms with Gasteiger partial charge in [0.1, 0.15) is 11.9 Å². The van der Waals surface area contributed by atoms with Crippen LogP contribution in [-0.4, -0.2) is 26.4 Å². The van der Waals surface area contributed by atoms with Crippen molar-refractivity contribution in [3.63, 3.8) is 0 Å². The third kappa shape index (κ3) is 4.34. The molecule has 2 rings (SSSR count). The van der Waals surface area contributed by atoms with Crippen molar-refractivity contribution in [2.75, 3.05) is 11.1 Å². The Bertz CT molecular complexity index is 781. The number of aryl methyl sites for hydroxylation is 1. The normalized spacial score (nSPS) is 10.1. The minimum Gasteiger partial charge on any atom is -0.324 e. The Morgan fingerprint density at radius 1 is 1.57 bits per heavy atom. The van der Waals surface area contributed by atoms with Crippen LogP contribution in [0.25, 0.3) is 0 Å². The summed E-state index contributed by atoms with van der Waals surface area (Å²) in [4.78, 5) is 12.1. The molecule has 1 N–H and O–H groups in total. The van der Waals surface area contributed by atoms with Gasteiger partial charge >= 0.3 is 0 Å². The summed E-state index contributed by atoms with van der Waals surface area (Å²) in [6, 6.07) is 6.73. The number of amides is 1. The molecule has 0 spiro atoms. The second kappa shape index (κ2) is 7.81. The summed E-state index contributed by atoms with van der Waals surface area (Å²) < 4.78 is 1.87. The van der Waals surface area contributed by atoms with Gasteiger partial charge in [-0.3, -0.25) is 4.79 Å². The maximum Gasteiger partial charge on any atom is 0.234 e. The topological polar surface area (TPSA) is 83.6 Å². The SMILES string of the molecule is C=CCn1c(C)nnc1SCC(=O)Nc1cc(Cl)ccc1C#N. The molecule has 0 saturated heterocycles. The summed E-state index contributed by atoms with van der Waals surface area (Å²) in [6.07, 6.45) is 1.74. The highest BCUT2D eigenvalue weighted by Gasteiger charge is 2.12. The van der Waals surface area contributed by atoms with E-state index in [1.165, 1.54) is 11.8 Å². The Labute approximate surface area is 143 Å². The first kappa shape index (κ1) is 17.1. The summed E-state index contributed by atoms with van der Waals surface area (Å²) in [5, 5.41) is 20.9. The zero-order valence-corrected chi connectivity index (χ0v) is 14.0. The van der Waals surface area contributed by atoms with Crippen molar-refractivity contribution in [1.82, 2.24) is 14.8 Å². The van der Waals surface area contributed by atoms with Crippen LogP contribution in [0.1, 0.15) is 11.4 Å². The number of nitriles is 1. The van der Waals surface area contributed by atoms with Gasteiger partial charge in [-0.2, -0.15) is 5.26 Å². The summed E-state index contributed by atoms with van der Waals surface area (Å²) in [5.41, 5.74) is 0.757. The number of allylic oxidation sites excluding steroid dienone is 1. The largest absolute Gasteiger partial charge is 0.324 e. The van der Waals surface area contributed by atoms with Gasteiger partial charge in [0.25, 0.3) is 0 Å². The Hall–Kier alpha value is -2.30. The Morgan fingerprint density at radius 3 is 3.04 bits per heavy atom. The standard InChI is InChI=1S/C15H14ClN5OS/c1-3-6-21-10(2)19-20-15(21)23-9-14(22)18-13-7-12(16)5-4-11(13)8-17/h3-5,7H,1,6,9H2,2H3,(H,18,22). The number of benzene rings is 1. The maximum absolute atomic E-state index is 12.1. The average Bonchev–Trinajstić information content (AvgIpc) is 2.87. The van der Waals surface area contributed by atoms with E-state index in [4.69, 9.17) is 16.9 Å². The molecule has 1 aromatic carbocycles. The van der Waals surface area contributed by atoms with E-state index in [0.29, 0.717) is 28.0 Å². The van der Waals surface area contributed by atoms with E-state index in [1.807, 2.05) is 17.6 Å². The van der Waals surface area contributed by atoms with Crippen LogP contribution >= 0.6 is 23.4 Å². The van der Waals surface area contributed by atoms with Crippen LogP contribution in [0.5, 0.6) is 0 Å². The third-order valence-electron chi connectivity index (χ3n) is 2.92. The van der Waals surface area contributed by atoms with Gasteiger partial charge in [0.15, 0.2) is 5.16 Å². The van der Waals surface area contributed by atoms with Gasteiger partial charge in [-0.05, 0) is 25.1 Å². The fourth-order valence-electron chi connectivity index (χ4n) is 1.84. The van der Waals surface area contributed by atoms with Crippen LogP contribution in [-0.2, 0) is 11.3 Å². The van der Waals surface area contributed by atoms with Gasteiger partial charge in [-0.25, -0.2) is 0 Å². The molecular formula is C15H14ClN5OS. The van der Waals surface area contributed by atoms with E-state index in [2.05, 4.69) is 22.1 Å². The lowest BCUT2D eigenvalue weighted by Crippen LogP contribution is -2.15. The van der Waals surface area contributed by atoms with E-state index in [-0.39, 0.29) is 11.7 Å². The Balaban J connectivity index is 2.03. The molecule has 0 aliphatic carbocycles. The fourth-order valence-corrected chi connectivity index (χ4v) is 2.81. The Morgan fingerprint density at radius 2 is 2.35 bits per heavy atom. The molecule has 0 bridgehead atoms. The average molecular weight is 348 g/mol. The predicted octanol–water partition coefficient (Wildman–Crippen LogP) is 3.03. The van der Waals surface area contributed by atoms with Crippen LogP contribution in [0, 0.1) is 18.3 Å². The van der Waals surface area contributed by atoms with Crippen molar-refractivity contribution in [1.29, 1.82) is 5.26 Å². The zero-order chi connectivity index (χ0) is 16.8. The van der Waals surface area contributed by atoms with Gasteiger partial charge in [0, 0.05) is 11.6 Å². The van der Waals surface area contributed by atoms with Crippen molar-refractivity contribution in [3.8, 4) is 6.07 Å². The van der Waals surface area contributed by atoms with Crippen LogP contribution < -0.4 is 5.32 Å². The molecule has 0 atom stereocenters. The number of nitrogens with zero attached hydrogens (tertiary/aromatic N) is 4. The molecule has 0 aliphatic rings. The van der Waals surface area contributed by atoms with Gasteiger partial charge in [0.05, 0.1) is 17.0 Å². The zero-order valence-electron chi connectivity index (χ0n) is 12.4. The van der Waals surface area contributed by atoms with E-state index >= 15 is 0 Å². The molecule has 1 amide bonds. The van der Waals surface area contributed by atoms with Crippen molar-refractivity contribution in [2.24, 2.45) is 0 Å². The quantitative estimate of drug-likeness (QED) is 0.641. The van der Waals surface area contributed by atoms with E-state index in [1.54, 1.807) is 24.3 Å². The van der Waals surface area contributed by atoms with Crippen molar-refractivity contribution < 1.29 is 4.79 Å². The number of hydrogen-bond donors (Lipinski definition) is 1. The second-order valence-electron chi connectivity index (χ2n) is 4.57. The highest BCUT2D eigenvalue weighted by Crippen LogP contribution is 2.22. The minimum atomic E-state index is -0.250. The number of halogens is 1. The number of thioether (sulfide) groups is 1. The van der Waals surface area contributed by atoms with Crippen LogP contribution in [0.4, 0.5) is 5.69 Å². The molecule has 0 aliphatic heterocycles. The van der Waals surface area contributed by atoms with Gasteiger partial charge < -0.3 is 9.88 Å². The lowest BCUT2D eigenvalue weighted by Gasteiger charge is -2.08. The fraction of sp³-hybridized carbons (Fsp3) is 0.200.